The number of carbonyl (C=O) groups excluding carboxylic acids is 1. The predicted octanol–water partition coefficient (Wildman–Crippen LogP) is 3.47. The summed E-state index contributed by atoms with van der Waals surface area (Å²) in [6, 6.07) is 8.06. The lowest BCUT2D eigenvalue weighted by molar-refractivity contribution is -0.116. The van der Waals surface area contributed by atoms with E-state index in [0.29, 0.717) is 5.13 Å². The average molecular weight is 332 g/mol. The van der Waals surface area contributed by atoms with Gasteiger partial charge in [-0.15, -0.1) is 11.8 Å². The monoisotopic (exact) mass is 332 g/mol. The Morgan fingerprint density at radius 2 is 2.18 bits per heavy atom. The van der Waals surface area contributed by atoms with Gasteiger partial charge in [0, 0.05) is 10.6 Å². The molecule has 3 aromatic rings. The first-order valence-electron chi connectivity index (χ1n) is 6.80. The molecule has 0 aliphatic heterocycles. The van der Waals surface area contributed by atoms with Gasteiger partial charge in [-0.2, -0.15) is 5.10 Å². The van der Waals surface area contributed by atoms with E-state index in [1.165, 1.54) is 16.2 Å². The average Bonchev–Trinajstić information content (AvgIpc) is 3.00. The van der Waals surface area contributed by atoms with Gasteiger partial charge in [-0.25, -0.2) is 4.98 Å². The Bertz CT molecular complexity index is 837. The molecule has 0 saturated heterocycles. The van der Waals surface area contributed by atoms with Crippen LogP contribution in [-0.2, 0) is 11.3 Å². The zero-order chi connectivity index (χ0) is 15.7. The number of benzene rings is 1. The number of hydrogen-bond acceptors (Lipinski definition) is 5. The van der Waals surface area contributed by atoms with E-state index in [-0.39, 0.29) is 12.5 Å². The molecule has 2 heterocycles. The second kappa shape index (κ2) is 6.10. The largest absolute Gasteiger partial charge is 0.300 e. The highest BCUT2D eigenvalue weighted by Crippen LogP contribution is 2.29. The van der Waals surface area contributed by atoms with Crippen LogP contribution < -0.4 is 5.32 Å². The lowest BCUT2D eigenvalue weighted by atomic mass is 10.3. The summed E-state index contributed by atoms with van der Waals surface area (Å²) in [6.45, 7) is 4.05. The topological polar surface area (TPSA) is 59.8 Å². The molecule has 114 valence electrons. The van der Waals surface area contributed by atoms with Crippen molar-refractivity contribution < 1.29 is 4.79 Å². The fourth-order valence-corrected chi connectivity index (χ4v) is 3.65. The third-order valence-corrected chi connectivity index (χ3v) is 4.90. The normalized spacial score (nSPS) is 11.0. The number of rotatable bonds is 4. The first-order chi connectivity index (χ1) is 10.5. The van der Waals surface area contributed by atoms with Crippen LogP contribution in [0.25, 0.3) is 10.2 Å². The molecule has 1 aromatic carbocycles. The second-order valence-electron chi connectivity index (χ2n) is 4.99. The van der Waals surface area contributed by atoms with Crippen molar-refractivity contribution in [3.8, 4) is 0 Å². The van der Waals surface area contributed by atoms with Crippen LogP contribution in [0, 0.1) is 13.8 Å². The van der Waals surface area contributed by atoms with Gasteiger partial charge >= 0.3 is 0 Å². The molecule has 0 aliphatic rings. The molecular weight excluding hydrogens is 316 g/mol. The van der Waals surface area contributed by atoms with Crippen LogP contribution in [0.2, 0.25) is 0 Å². The number of aryl methyl sites for hydroxylation is 2. The number of anilines is 1. The Morgan fingerprint density at radius 1 is 1.36 bits per heavy atom. The van der Waals surface area contributed by atoms with Gasteiger partial charge in [0.05, 0.1) is 15.9 Å². The molecular formula is C15H16N4OS2. The van der Waals surface area contributed by atoms with E-state index in [2.05, 4.69) is 21.5 Å². The Balaban J connectivity index is 1.75. The fourth-order valence-electron chi connectivity index (χ4n) is 2.22. The summed E-state index contributed by atoms with van der Waals surface area (Å²) in [4.78, 5) is 17.8. The van der Waals surface area contributed by atoms with Gasteiger partial charge in [0.1, 0.15) is 6.54 Å². The highest BCUT2D eigenvalue weighted by atomic mass is 32.2. The maximum Gasteiger partial charge on any atom is 0.247 e. The molecule has 0 atom stereocenters. The van der Waals surface area contributed by atoms with Crippen molar-refractivity contribution in [3.63, 3.8) is 0 Å². The fraction of sp³-hybridized carbons (Fsp3) is 0.267. The third-order valence-electron chi connectivity index (χ3n) is 3.24. The van der Waals surface area contributed by atoms with Gasteiger partial charge in [-0.3, -0.25) is 9.48 Å². The number of hydrogen-bond donors (Lipinski definition) is 1. The van der Waals surface area contributed by atoms with E-state index in [1.54, 1.807) is 16.4 Å². The summed E-state index contributed by atoms with van der Waals surface area (Å²) >= 11 is 3.18. The van der Waals surface area contributed by atoms with Crippen LogP contribution in [-0.4, -0.2) is 26.9 Å². The van der Waals surface area contributed by atoms with Gasteiger partial charge in [0.2, 0.25) is 5.91 Å². The molecule has 1 amide bonds. The molecule has 7 heteroatoms. The van der Waals surface area contributed by atoms with E-state index in [0.717, 1.165) is 21.6 Å². The van der Waals surface area contributed by atoms with Gasteiger partial charge < -0.3 is 5.32 Å². The summed E-state index contributed by atoms with van der Waals surface area (Å²) in [5.41, 5.74) is 2.79. The Labute approximate surface area is 136 Å². The van der Waals surface area contributed by atoms with Crippen LogP contribution in [0.3, 0.4) is 0 Å². The highest BCUT2D eigenvalue weighted by molar-refractivity contribution is 7.98. The zero-order valence-corrected chi connectivity index (χ0v) is 14.2. The summed E-state index contributed by atoms with van der Waals surface area (Å²) < 4.78 is 2.78. The minimum Gasteiger partial charge on any atom is -0.300 e. The van der Waals surface area contributed by atoms with Gasteiger partial charge in [0.25, 0.3) is 0 Å². The summed E-state index contributed by atoms with van der Waals surface area (Å²) in [6.07, 6.45) is 2.04. The molecule has 0 spiro atoms. The van der Waals surface area contributed by atoms with Crippen molar-refractivity contribution in [2.24, 2.45) is 0 Å². The molecule has 0 fully saturated rings. The van der Waals surface area contributed by atoms with E-state index in [1.807, 2.05) is 38.3 Å². The number of fused-ring (bicyclic) bond motifs is 1. The molecule has 0 radical (unpaired) electrons. The molecule has 3 rings (SSSR count). The number of amides is 1. The van der Waals surface area contributed by atoms with Crippen LogP contribution in [0.15, 0.2) is 29.2 Å². The van der Waals surface area contributed by atoms with E-state index >= 15 is 0 Å². The van der Waals surface area contributed by atoms with Crippen LogP contribution in [0.1, 0.15) is 11.4 Å². The van der Waals surface area contributed by atoms with Gasteiger partial charge in [0.15, 0.2) is 5.13 Å². The van der Waals surface area contributed by atoms with Crippen molar-refractivity contribution in [1.29, 1.82) is 0 Å². The van der Waals surface area contributed by atoms with Crippen molar-refractivity contribution in [2.75, 3.05) is 11.6 Å². The van der Waals surface area contributed by atoms with Crippen molar-refractivity contribution >= 4 is 44.4 Å². The molecule has 0 unspecified atom stereocenters. The molecule has 22 heavy (non-hydrogen) atoms. The number of thioether (sulfide) groups is 1. The van der Waals surface area contributed by atoms with Crippen LogP contribution in [0.4, 0.5) is 5.13 Å². The minimum absolute atomic E-state index is 0.115. The van der Waals surface area contributed by atoms with E-state index in [9.17, 15) is 4.79 Å². The molecule has 2 aromatic heterocycles. The smallest absolute Gasteiger partial charge is 0.247 e. The number of carbonyl (C=O) groups is 1. The Kier molecular flexibility index (Phi) is 4.17. The molecule has 5 nitrogen and oxygen atoms in total. The quantitative estimate of drug-likeness (QED) is 0.743. The summed E-state index contributed by atoms with van der Waals surface area (Å²) in [5, 5.41) is 7.77. The number of aromatic nitrogens is 3. The lowest BCUT2D eigenvalue weighted by Crippen LogP contribution is -2.20. The maximum absolute atomic E-state index is 12.1. The SMILES string of the molecule is CSc1ccc2nc(NC(=O)Cn3nc(C)cc3C)sc2c1. The Morgan fingerprint density at radius 3 is 2.86 bits per heavy atom. The number of nitrogens with one attached hydrogen (secondary N) is 1. The van der Waals surface area contributed by atoms with E-state index < -0.39 is 0 Å². The number of thiazole rings is 1. The Hall–Kier alpha value is -1.86. The highest BCUT2D eigenvalue weighted by Gasteiger charge is 2.11. The third kappa shape index (κ3) is 3.15. The molecule has 0 bridgehead atoms. The van der Waals surface area contributed by atoms with Crippen molar-refractivity contribution in [3.05, 3.63) is 35.7 Å². The molecule has 0 aliphatic carbocycles. The lowest BCUT2D eigenvalue weighted by Gasteiger charge is -2.03. The number of nitrogens with zero attached hydrogens (tertiary/aromatic N) is 3. The molecule has 1 N–H and O–H groups in total. The van der Waals surface area contributed by atoms with Crippen LogP contribution >= 0.6 is 23.1 Å². The van der Waals surface area contributed by atoms with E-state index in [4.69, 9.17) is 0 Å². The first kappa shape index (κ1) is 15.1. The standard InChI is InChI=1S/C15H16N4OS2/c1-9-6-10(2)19(18-9)8-14(20)17-15-16-12-5-4-11(21-3)7-13(12)22-15/h4-7H,8H2,1-3H3,(H,16,17,20). The maximum atomic E-state index is 12.1. The first-order valence-corrected chi connectivity index (χ1v) is 8.85. The second-order valence-corrected chi connectivity index (χ2v) is 6.90. The summed E-state index contributed by atoms with van der Waals surface area (Å²) in [7, 11) is 0. The predicted molar refractivity (Wildman–Crippen MR) is 91.7 cm³/mol. The van der Waals surface area contributed by atoms with Crippen molar-refractivity contribution in [2.45, 2.75) is 25.3 Å². The van der Waals surface area contributed by atoms with Crippen molar-refractivity contribution in [1.82, 2.24) is 14.8 Å². The van der Waals surface area contributed by atoms with Crippen LogP contribution in [0.5, 0.6) is 0 Å². The van der Waals surface area contributed by atoms with Gasteiger partial charge in [-0.1, -0.05) is 11.3 Å². The summed E-state index contributed by atoms with van der Waals surface area (Å²) in [5.74, 6) is -0.115. The zero-order valence-electron chi connectivity index (χ0n) is 12.6. The molecule has 0 saturated carbocycles. The van der Waals surface area contributed by atoms with Gasteiger partial charge in [-0.05, 0) is 44.4 Å². The minimum atomic E-state index is -0.115.